The van der Waals surface area contributed by atoms with Crippen molar-refractivity contribution in [3.8, 4) is 0 Å². The van der Waals surface area contributed by atoms with Gasteiger partial charge in [0, 0.05) is 18.4 Å². The highest BCUT2D eigenvalue weighted by Gasteiger charge is 2.63. The number of aliphatic hydroxyl groups excluding tert-OH is 2. The van der Waals surface area contributed by atoms with Crippen LogP contribution >= 0.6 is 15.6 Å². The molecule has 6 N–H and O–H groups in total. The van der Waals surface area contributed by atoms with Crippen molar-refractivity contribution in [1.29, 1.82) is 0 Å². The van der Waals surface area contributed by atoms with Gasteiger partial charge in [0.2, 0.25) is 0 Å². The van der Waals surface area contributed by atoms with Crippen LogP contribution in [-0.2, 0) is 18.0 Å². The molecule has 14 nitrogen and oxygen atoms in total. The topological polar surface area (TPSA) is 209 Å². The van der Waals surface area contributed by atoms with Gasteiger partial charge in [0.15, 0.2) is 11.5 Å². The van der Waals surface area contributed by atoms with Gasteiger partial charge in [-0.15, -0.1) is 0 Å². The Kier molecular flexibility index (Phi) is 5.13. The Morgan fingerprint density at radius 3 is 2.57 bits per heavy atom. The van der Waals surface area contributed by atoms with Gasteiger partial charge in [0.1, 0.15) is 17.9 Å². The van der Waals surface area contributed by atoms with E-state index in [2.05, 4.69) is 24.6 Å². The number of phosphoric ester groups is 1. The molecular formula is C14H19N5O9P2. The van der Waals surface area contributed by atoms with E-state index in [4.69, 9.17) is 14.3 Å². The van der Waals surface area contributed by atoms with Gasteiger partial charge in [-0.1, -0.05) is 12.2 Å². The third-order valence-electron chi connectivity index (χ3n) is 5.43. The van der Waals surface area contributed by atoms with Gasteiger partial charge in [0.05, 0.1) is 25.1 Å². The number of hydrogen-bond donors (Lipinski definition) is 6. The lowest BCUT2D eigenvalue weighted by molar-refractivity contribution is -0.0360. The first-order valence-electron chi connectivity index (χ1n) is 8.64. The molecule has 0 aromatic carbocycles. The molecule has 1 saturated carbocycles. The van der Waals surface area contributed by atoms with Crippen molar-refractivity contribution < 1.29 is 42.9 Å². The summed E-state index contributed by atoms with van der Waals surface area (Å²) >= 11 is 0. The van der Waals surface area contributed by atoms with Crippen LogP contribution in [0.2, 0.25) is 0 Å². The quantitative estimate of drug-likeness (QED) is 0.227. The number of rotatable bonds is 7. The van der Waals surface area contributed by atoms with Crippen LogP contribution in [0.15, 0.2) is 24.8 Å². The van der Waals surface area contributed by atoms with Crippen LogP contribution in [0.3, 0.4) is 0 Å². The number of aliphatic hydroxyl groups is 2. The molecule has 16 heteroatoms. The summed E-state index contributed by atoms with van der Waals surface area (Å²) in [6.45, 7) is -0.625. The second-order valence-corrected chi connectivity index (χ2v) is 9.86. The Balaban J connectivity index is 1.63. The number of nitrogens with one attached hydrogen (secondary N) is 1. The van der Waals surface area contributed by atoms with Gasteiger partial charge >= 0.3 is 15.6 Å². The van der Waals surface area contributed by atoms with Gasteiger partial charge in [-0.3, -0.25) is 4.52 Å². The molecule has 2 aromatic heterocycles. The highest BCUT2D eigenvalue weighted by molar-refractivity contribution is 7.60. The Morgan fingerprint density at radius 2 is 1.97 bits per heavy atom. The molecule has 0 amide bonds. The third-order valence-corrected chi connectivity index (χ3v) is 7.56. The number of aromatic nitrogens is 4. The number of imidazole rings is 1. The predicted octanol–water partition coefficient (Wildman–Crippen LogP) is -0.457. The monoisotopic (exact) mass is 463 g/mol. The summed E-state index contributed by atoms with van der Waals surface area (Å²) in [7, 11) is -8.73. The van der Waals surface area contributed by atoms with E-state index in [0.29, 0.717) is 17.0 Å². The summed E-state index contributed by atoms with van der Waals surface area (Å²) in [5.74, 6) is -0.0794. The molecule has 0 bridgehead atoms. The minimum absolute atomic E-state index is 0.403. The average molecular weight is 463 g/mol. The lowest BCUT2D eigenvalue weighted by atomic mass is 9.68. The van der Waals surface area contributed by atoms with Gasteiger partial charge in [-0.2, -0.15) is 4.31 Å². The first kappa shape index (κ1) is 21.5. The normalized spacial score (nSPS) is 32.6. The zero-order chi connectivity index (χ0) is 21.9. The molecule has 0 saturated heterocycles. The Morgan fingerprint density at radius 1 is 1.23 bits per heavy atom. The van der Waals surface area contributed by atoms with E-state index in [-0.39, 0.29) is 0 Å². The van der Waals surface area contributed by atoms with Crippen molar-refractivity contribution in [3.05, 3.63) is 24.8 Å². The predicted molar refractivity (Wildman–Crippen MR) is 99.9 cm³/mol. The molecule has 6 atom stereocenters. The van der Waals surface area contributed by atoms with E-state index in [0.717, 1.165) is 0 Å². The van der Waals surface area contributed by atoms with Gasteiger partial charge in [-0.05, 0) is 0 Å². The first-order valence-corrected chi connectivity index (χ1v) is 11.7. The second kappa shape index (κ2) is 7.16. The maximum absolute atomic E-state index is 11.8. The highest BCUT2D eigenvalue weighted by atomic mass is 31.3. The van der Waals surface area contributed by atoms with Crippen molar-refractivity contribution in [3.63, 3.8) is 0 Å². The lowest BCUT2D eigenvalue weighted by Crippen LogP contribution is -2.44. The van der Waals surface area contributed by atoms with Crippen LogP contribution in [0.25, 0.3) is 11.2 Å². The summed E-state index contributed by atoms with van der Waals surface area (Å²) in [5, 5.41) is 24.3. The summed E-state index contributed by atoms with van der Waals surface area (Å²) in [6.07, 6.45) is 3.23. The molecular weight excluding hydrogens is 444 g/mol. The number of nitrogens with zero attached hydrogens (tertiary/aromatic N) is 4. The number of anilines is 1. The molecule has 2 heterocycles. The van der Waals surface area contributed by atoms with E-state index in [1.807, 2.05) is 0 Å². The minimum Gasteiger partial charge on any atom is -0.389 e. The standard InChI is InChI=1S/C14H19N5O9P2/c1-15-12-8-13(17-5-16-12)19(6-18-8)9-7-2-3-14(7,11(21)10(9)20)4-27-30(25,26)28-29(22,23)24/h2-3,5-7,9-11,20-21H,4H2,1H3,(H,25,26)(H,15,16,17)(H2,22,23,24)/t7-,9-,10+,11+,14+/m1/s1. The number of fused-ring (bicyclic) bond motifs is 2. The van der Waals surface area contributed by atoms with E-state index in [1.165, 1.54) is 18.7 Å². The fraction of sp³-hybridized carbons (Fsp3) is 0.500. The zero-order valence-corrected chi connectivity index (χ0v) is 17.2. The van der Waals surface area contributed by atoms with Crippen molar-refractivity contribution in [2.45, 2.75) is 18.2 Å². The highest BCUT2D eigenvalue weighted by Crippen LogP contribution is 2.62. The van der Waals surface area contributed by atoms with Gasteiger partial charge in [-0.25, -0.2) is 24.1 Å². The summed E-state index contributed by atoms with van der Waals surface area (Å²) in [4.78, 5) is 39.5. The molecule has 0 aliphatic heterocycles. The third kappa shape index (κ3) is 3.40. The molecule has 4 rings (SSSR count). The molecule has 2 aliphatic carbocycles. The fourth-order valence-corrected chi connectivity index (χ4v) is 5.72. The molecule has 1 fully saturated rings. The molecule has 2 aliphatic rings. The van der Waals surface area contributed by atoms with Crippen LogP contribution in [-0.4, -0.2) is 70.3 Å². The van der Waals surface area contributed by atoms with Gasteiger partial charge in [0.25, 0.3) is 0 Å². The Labute approximate surface area is 169 Å². The average Bonchev–Trinajstić information content (AvgIpc) is 3.11. The van der Waals surface area contributed by atoms with Crippen LogP contribution < -0.4 is 5.32 Å². The smallest absolute Gasteiger partial charge is 0.389 e. The number of allylic oxidation sites excluding steroid dienone is 1. The zero-order valence-electron chi connectivity index (χ0n) is 15.4. The maximum atomic E-state index is 11.8. The Hall–Kier alpha value is -1.73. The van der Waals surface area contributed by atoms with Crippen LogP contribution in [0, 0.1) is 11.3 Å². The van der Waals surface area contributed by atoms with E-state index in [9.17, 15) is 24.2 Å². The van der Waals surface area contributed by atoms with Crippen molar-refractivity contribution in [2.24, 2.45) is 11.3 Å². The number of hydrogen-bond acceptors (Lipinski definition) is 10. The second-order valence-electron chi connectivity index (χ2n) is 7.03. The lowest BCUT2D eigenvalue weighted by Gasteiger charge is -2.41. The van der Waals surface area contributed by atoms with Crippen molar-refractivity contribution in [2.75, 3.05) is 19.0 Å². The first-order chi connectivity index (χ1) is 14.0. The fourth-order valence-electron chi connectivity index (χ4n) is 4.07. The Bertz CT molecular complexity index is 1100. The number of phosphoric acid groups is 2. The molecule has 30 heavy (non-hydrogen) atoms. The molecule has 2 aromatic rings. The molecule has 1 unspecified atom stereocenters. The summed E-state index contributed by atoms with van der Waals surface area (Å²) < 4.78 is 32.7. The van der Waals surface area contributed by atoms with E-state index in [1.54, 1.807) is 17.7 Å². The van der Waals surface area contributed by atoms with Crippen LogP contribution in [0.5, 0.6) is 0 Å². The van der Waals surface area contributed by atoms with Gasteiger partial charge < -0.3 is 34.8 Å². The summed E-state index contributed by atoms with van der Waals surface area (Å²) in [6, 6.07) is -0.737. The molecule has 164 valence electrons. The minimum atomic E-state index is -5.28. The maximum Gasteiger partial charge on any atom is 0.481 e. The molecule has 0 radical (unpaired) electrons. The van der Waals surface area contributed by atoms with Crippen LogP contribution in [0.4, 0.5) is 5.82 Å². The summed E-state index contributed by atoms with van der Waals surface area (Å²) in [5.41, 5.74) is -0.426. The van der Waals surface area contributed by atoms with Crippen molar-refractivity contribution in [1.82, 2.24) is 19.5 Å². The van der Waals surface area contributed by atoms with E-state index < -0.39 is 51.8 Å². The SMILES string of the molecule is CNc1ncnc2c1ncn2[C@H]1[C@H](O)[C@H](O)[C@]2(COP(=O)(O)OP(=O)(O)O)C=C[C@H]12. The van der Waals surface area contributed by atoms with Crippen LogP contribution in [0.1, 0.15) is 6.04 Å². The largest absolute Gasteiger partial charge is 0.481 e. The van der Waals surface area contributed by atoms with Crippen molar-refractivity contribution >= 4 is 32.6 Å². The molecule has 0 spiro atoms. The van der Waals surface area contributed by atoms with E-state index >= 15 is 0 Å².